The number of hydrogen-bond donors (Lipinski definition) is 2. The van der Waals surface area contributed by atoms with Crippen molar-refractivity contribution >= 4 is 66.2 Å². The third kappa shape index (κ3) is 26.6. The molecule has 0 saturated heterocycles. The summed E-state index contributed by atoms with van der Waals surface area (Å²) in [6, 6.07) is 90.1. The fourth-order valence-electron chi connectivity index (χ4n) is 13.9. The van der Waals surface area contributed by atoms with Crippen molar-refractivity contribution in [1.82, 2.24) is 9.80 Å². The highest BCUT2D eigenvalue weighted by Gasteiger charge is 2.26. The Kier molecular flexibility index (Phi) is 33.6. The SMILES string of the molecule is CC(C)OCCc1ccc(C(CN)C(=O)Cc2ccc3ccccc3c2)cc1.CC(C)OCCc1ccc([C@@H](CN)C(=O)Cc2ccc3ccccc3c2)cc1.CC(C)OCc1ccc(C(C(=O)Cc2ccc3ccccc3c2)N(C)C)cc1.CC(C)OCc1ccc([C@H](C(=O)Cc2ccc3ccccc3c2)N(C)C)cc1. The number of ether oxygens (including phenoxy) is 4. The molecule has 0 aliphatic carbocycles. The van der Waals surface area contributed by atoms with Gasteiger partial charge in [0.25, 0.3) is 0 Å². The topological polar surface area (TPSA) is 164 Å². The lowest BCUT2D eigenvalue weighted by molar-refractivity contribution is -0.123. The summed E-state index contributed by atoms with van der Waals surface area (Å²) in [5.41, 5.74) is 24.8. The van der Waals surface area contributed by atoms with Gasteiger partial charge in [0.05, 0.1) is 74.8 Å². The van der Waals surface area contributed by atoms with E-state index < -0.39 is 0 Å². The first-order valence-corrected chi connectivity index (χ1v) is 39.6. The van der Waals surface area contributed by atoms with E-state index in [2.05, 4.69) is 158 Å². The van der Waals surface area contributed by atoms with E-state index in [-0.39, 0.29) is 71.5 Å². The average Bonchev–Trinajstić information content (AvgIpc) is 0.825. The van der Waals surface area contributed by atoms with Crippen molar-refractivity contribution < 1.29 is 38.1 Å². The summed E-state index contributed by atoms with van der Waals surface area (Å²) in [5.74, 6) is 0.181. The molecule has 0 aromatic heterocycles. The number of carbonyl (C=O) groups is 4. The number of ketones is 4. The van der Waals surface area contributed by atoms with Gasteiger partial charge >= 0.3 is 0 Å². The van der Waals surface area contributed by atoms with E-state index in [0.29, 0.717) is 65.2 Å². The number of nitrogens with zero attached hydrogens (tertiary/aromatic N) is 2. The predicted molar refractivity (Wildman–Crippen MR) is 462 cm³/mol. The first kappa shape index (κ1) is 86.0. The summed E-state index contributed by atoms with van der Waals surface area (Å²) in [4.78, 5) is 56.1. The number of likely N-dealkylation sites (N-methyl/N-ethyl adjacent to an activating group) is 2. The lowest BCUT2D eigenvalue weighted by Gasteiger charge is -2.24. The zero-order valence-electron chi connectivity index (χ0n) is 67.8. The molecule has 2 unspecified atom stereocenters. The number of Topliss-reactive ketones (excluding diaryl/α,β-unsaturated/α-hetero) is 4. The third-order valence-electron chi connectivity index (χ3n) is 19.9. The molecule has 0 aliphatic rings. The van der Waals surface area contributed by atoms with Crippen molar-refractivity contribution in [1.29, 1.82) is 0 Å². The van der Waals surface area contributed by atoms with Gasteiger partial charge in [-0.2, -0.15) is 0 Å². The van der Waals surface area contributed by atoms with Gasteiger partial charge in [-0.15, -0.1) is 0 Å². The van der Waals surface area contributed by atoms with Crippen molar-refractivity contribution in [2.24, 2.45) is 11.5 Å². The second-order valence-electron chi connectivity index (χ2n) is 30.6. The summed E-state index contributed by atoms with van der Waals surface area (Å²) in [6.45, 7) is 19.5. The molecule has 584 valence electrons. The molecule has 12 aromatic rings. The van der Waals surface area contributed by atoms with E-state index in [9.17, 15) is 19.2 Å². The molecular weight excluding hydrogens is 1390 g/mol. The Bertz CT molecular complexity index is 4620. The van der Waals surface area contributed by atoms with Crippen LogP contribution in [0.4, 0.5) is 0 Å². The fourth-order valence-corrected chi connectivity index (χ4v) is 13.9. The van der Waals surface area contributed by atoms with Gasteiger partial charge in [0.1, 0.15) is 11.6 Å². The number of hydrogen-bond acceptors (Lipinski definition) is 12. The maximum Gasteiger partial charge on any atom is 0.158 e. The van der Waals surface area contributed by atoms with Gasteiger partial charge in [0.15, 0.2) is 11.6 Å². The van der Waals surface area contributed by atoms with Crippen molar-refractivity contribution in [3.05, 3.63) is 334 Å². The zero-order chi connectivity index (χ0) is 80.1. The molecule has 12 nitrogen and oxygen atoms in total. The molecule has 12 rings (SSSR count). The summed E-state index contributed by atoms with van der Waals surface area (Å²) in [5, 5.41) is 9.42. The molecule has 12 heteroatoms. The van der Waals surface area contributed by atoms with Gasteiger partial charge in [-0.25, -0.2) is 0 Å². The molecule has 0 fully saturated rings. The van der Waals surface area contributed by atoms with E-state index in [0.717, 1.165) is 79.2 Å². The highest BCUT2D eigenvalue weighted by atomic mass is 16.5. The minimum Gasteiger partial charge on any atom is -0.378 e. The van der Waals surface area contributed by atoms with Crippen LogP contribution in [-0.2, 0) is 89.9 Å². The number of rotatable bonds is 34. The van der Waals surface area contributed by atoms with Crippen LogP contribution < -0.4 is 11.5 Å². The summed E-state index contributed by atoms with van der Waals surface area (Å²) >= 11 is 0. The predicted octanol–water partition coefficient (Wildman–Crippen LogP) is 19.7. The van der Waals surface area contributed by atoms with Crippen molar-refractivity contribution in [3.8, 4) is 0 Å². The highest BCUT2D eigenvalue weighted by Crippen LogP contribution is 2.29. The van der Waals surface area contributed by atoms with Crippen molar-refractivity contribution in [2.45, 2.75) is 155 Å². The van der Waals surface area contributed by atoms with Crippen LogP contribution in [0.2, 0.25) is 0 Å². The maximum atomic E-state index is 13.1. The largest absolute Gasteiger partial charge is 0.378 e. The quantitative estimate of drug-likeness (QED) is 0.0393. The van der Waals surface area contributed by atoms with Gasteiger partial charge in [0, 0.05) is 38.8 Å². The molecule has 112 heavy (non-hydrogen) atoms. The molecule has 4 atom stereocenters. The van der Waals surface area contributed by atoms with E-state index in [1.807, 2.05) is 203 Å². The molecule has 0 heterocycles. The van der Waals surface area contributed by atoms with E-state index >= 15 is 0 Å². The normalized spacial score (nSPS) is 12.5. The van der Waals surface area contributed by atoms with Gasteiger partial charge in [-0.1, -0.05) is 267 Å². The van der Waals surface area contributed by atoms with Gasteiger partial charge in [-0.05, 0) is 206 Å². The Labute approximate surface area is 665 Å². The molecular formula is C100H116N4O8. The fraction of sp³-hybridized carbons (Fsp3) is 0.320. The monoisotopic (exact) mass is 1500 g/mol. The standard InChI is InChI=1S/4C25H29NO2/c2*1-18(2)28-17-19-9-13-22(14-10-19)25(26(3)4)24(27)16-20-11-12-21-7-5-6-8-23(21)15-20;2*1-18(2)28-14-13-19-7-11-22(12-8-19)24(17-26)25(27)16-20-9-10-21-5-3-4-6-23(21)15-20/h2*5-15,18,25H,16-17H2,1-4H3;2*3-12,15,18,24H,13-14,16-17,26H2,1-2H3/t25-;;24-;/m1.1./s1. The Hall–Kier alpha value is -9.96. The molecule has 0 saturated carbocycles. The molecule has 0 aliphatic heterocycles. The first-order chi connectivity index (χ1) is 54.0. The smallest absolute Gasteiger partial charge is 0.158 e. The van der Waals surface area contributed by atoms with Crippen LogP contribution in [-0.4, -0.2) is 112 Å². The summed E-state index contributed by atoms with van der Waals surface area (Å²) in [6.07, 6.45) is 4.29. The third-order valence-corrected chi connectivity index (χ3v) is 19.9. The zero-order valence-corrected chi connectivity index (χ0v) is 67.8. The number of nitrogens with two attached hydrogens (primary N) is 2. The molecule has 0 amide bonds. The second-order valence-corrected chi connectivity index (χ2v) is 30.6. The van der Waals surface area contributed by atoms with Gasteiger partial charge in [0.2, 0.25) is 0 Å². The molecule has 4 N–H and O–H groups in total. The highest BCUT2D eigenvalue weighted by molar-refractivity contribution is 5.93. The first-order valence-electron chi connectivity index (χ1n) is 39.6. The van der Waals surface area contributed by atoms with Crippen LogP contribution in [0, 0.1) is 0 Å². The van der Waals surface area contributed by atoms with Crippen molar-refractivity contribution in [3.63, 3.8) is 0 Å². The van der Waals surface area contributed by atoms with Gasteiger partial charge in [-0.3, -0.25) is 29.0 Å². The average molecular weight is 1500 g/mol. The Morgan fingerprint density at radius 3 is 0.759 bits per heavy atom. The number of carbonyl (C=O) groups excluding carboxylic acids is 4. The van der Waals surface area contributed by atoms with Gasteiger partial charge < -0.3 is 30.4 Å². The number of benzene rings is 12. The lowest BCUT2D eigenvalue weighted by Crippen LogP contribution is -2.29. The van der Waals surface area contributed by atoms with E-state index in [1.54, 1.807) is 0 Å². The number of fused-ring (bicyclic) bond motifs is 4. The molecule has 0 radical (unpaired) electrons. The van der Waals surface area contributed by atoms with Crippen molar-refractivity contribution in [2.75, 3.05) is 54.5 Å². The summed E-state index contributed by atoms with van der Waals surface area (Å²) < 4.78 is 22.5. The molecule has 12 aromatic carbocycles. The molecule has 0 spiro atoms. The maximum absolute atomic E-state index is 13.1. The second kappa shape index (κ2) is 43.7. The van der Waals surface area contributed by atoms with Crippen LogP contribution in [0.5, 0.6) is 0 Å². The lowest BCUT2D eigenvalue weighted by atomic mass is 9.90. The Morgan fingerprint density at radius 2 is 0.509 bits per heavy atom. The van der Waals surface area contributed by atoms with Crippen LogP contribution >= 0.6 is 0 Å². The minimum atomic E-state index is -0.271. The Morgan fingerprint density at radius 1 is 0.277 bits per heavy atom. The van der Waals surface area contributed by atoms with Crippen LogP contribution in [0.1, 0.15) is 146 Å². The molecule has 0 bridgehead atoms. The van der Waals surface area contributed by atoms with Crippen LogP contribution in [0.3, 0.4) is 0 Å². The van der Waals surface area contributed by atoms with E-state index in [1.165, 1.54) is 43.4 Å². The Balaban J connectivity index is 0.000000171. The van der Waals surface area contributed by atoms with Crippen LogP contribution in [0.25, 0.3) is 43.1 Å². The summed E-state index contributed by atoms with van der Waals surface area (Å²) in [7, 11) is 7.83. The minimum absolute atomic E-state index is 0.161. The van der Waals surface area contributed by atoms with Crippen LogP contribution in [0.15, 0.2) is 267 Å². The van der Waals surface area contributed by atoms with E-state index in [4.69, 9.17) is 30.4 Å².